The standard InChI is InChI=1S/C13H11ClN4/c1-8-2-3-12(11(14)4-8)18-13-9(6-15)5-10(16)7-17-13/h2-5,7H,16H2,1H3,(H,17,18). The number of nitrogen functional groups attached to an aromatic ring is 1. The number of rotatable bonds is 2. The van der Waals surface area contributed by atoms with Crippen LogP contribution in [0.5, 0.6) is 0 Å². The van der Waals surface area contributed by atoms with Crippen molar-refractivity contribution >= 4 is 28.8 Å². The van der Waals surface area contributed by atoms with E-state index >= 15 is 0 Å². The molecule has 0 aliphatic carbocycles. The predicted molar refractivity (Wildman–Crippen MR) is 72.8 cm³/mol. The molecule has 0 amide bonds. The highest BCUT2D eigenvalue weighted by atomic mass is 35.5. The molecular formula is C13H11ClN4. The summed E-state index contributed by atoms with van der Waals surface area (Å²) in [7, 11) is 0. The minimum atomic E-state index is 0.381. The van der Waals surface area contributed by atoms with Crippen LogP contribution in [0, 0.1) is 18.3 Å². The minimum absolute atomic E-state index is 0.381. The lowest BCUT2D eigenvalue weighted by atomic mass is 10.2. The third-order valence-electron chi connectivity index (χ3n) is 2.41. The molecule has 2 aromatic rings. The van der Waals surface area contributed by atoms with Crippen LogP contribution in [0.2, 0.25) is 5.02 Å². The van der Waals surface area contributed by atoms with Crippen molar-refractivity contribution in [2.75, 3.05) is 11.1 Å². The summed E-state index contributed by atoms with van der Waals surface area (Å²) < 4.78 is 0. The van der Waals surface area contributed by atoms with Gasteiger partial charge < -0.3 is 11.1 Å². The molecule has 0 spiro atoms. The number of nitriles is 1. The number of aryl methyl sites for hydroxylation is 1. The third-order valence-corrected chi connectivity index (χ3v) is 2.72. The largest absolute Gasteiger partial charge is 0.397 e. The molecule has 0 bridgehead atoms. The second-order valence-electron chi connectivity index (χ2n) is 3.88. The molecule has 1 aromatic heterocycles. The van der Waals surface area contributed by atoms with Gasteiger partial charge in [-0.3, -0.25) is 0 Å². The molecule has 0 saturated heterocycles. The van der Waals surface area contributed by atoms with Gasteiger partial charge in [0.2, 0.25) is 0 Å². The van der Waals surface area contributed by atoms with Gasteiger partial charge in [0.25, 0.3) is 0 Å². The molecule has 0 unspecified atom stereocenters. The van der Waals surface area contributed by atoms with Gasteiger partial charge in [-0.2, -0.15) is 5.26 Å². The quantitative estimate of drug-likeness (QED) is 0.867. The zero-order valence-electron chi connectivity index (χ0n) is 9.74. The molecule has 1 aromatic carbocycles. The number of hydrogen-bond acceptors (Lipinski definition) is 4. The number of anilines is 3. The highest BCUT2D eigenvalue weighted by Crippen LogP contribution is 2.27. The van der Waals surface area contributed by atoms with Crippen molar-refractivity contribution in [1.29, 1.82) is 5.26 Å². The molecule has 1 heterocycles. The van der Waals surface area contributed by atoms with Gasteiger partial charge in [-0.1, -0.05) is 17.7 Å². The van der Waals surface area contributed by atoms with E-state index in [2.05, 4.69) is 10.3 Å². The first-order chi connectivity index (χ1) is 8.60. The molecule has 0 fully saturated rings. The molecule has 2 rings (SSSR count). The summed E-state index contributed by atoms with van der Waals surface area (Å²) in [5.41, 5.74) is 8.18. The summed E-state index contributed by atoms with van der Waals surface area (Å²) in [6.07, 6.45) is 1.49. The number of pyridine rings is 1. The number of hydrogen-bond donors (Lipinski definition) is 2. The smallest absolute Gasteiger partial charge is 0.148 e. The number of nitrogens with one attached hydrogen (secondary N) is 1. The van der Waals surface area contributed by atoms with Crippen LogP contribution in [-0.4, -0.2) is 4.98 Å². The zero-order valence-corrected chi connectivity index (χ0v) is 10.5. The zero-order chi connectivity index (χ0) is 13.1. The number of nitrogens with zero attached hydrogens (tertiary/aromatic N) is 2. The van der Waals surface area contributed by atoms with Crippen molar-refractivity contribution in [1.82, 2.24) is 4.98 Å². The van der Waals surface area contributed by atoms with Gasteiger partial charge in [0.15, 0.2) is 0 Å². The maximum Gasteiger partial charge on any atom is 0.148 e. The fourth-order valence-electron chi connectivity index (χ4n) is 1.51. The molecule has 18 heavy (non-hydrogen) atoms. The highest BCUT2D eigenvalue weighted by molar-refractivity contribution is 6.33. The van der Waals surface area contributed by atoms with E-state index in [9.17, 15) is 0 Å². The topological polar surface area (TPSA) is 74.7 Å². The number of benzene rings is 1. The van der Waals surface area contributed by atoms with Crippen LogP contribution < -0.4 is 11.1 Å². The summed E-state index contributed by atoms with van der Waals surface area (Å²) in [5.74, 6) is 0.442. The van der Waals surface area contributed by atoms with E-state index in [4.69, 9.17) is 22.6 Å². The van der Waals surface area contributed by atoms with Gasteiger partial charge in [0, 0.05) is 0 Å². The monoisotopic (exact) mass is 258 g/mol. The van der Waals surface area contributed by atoms with Crippen molar-refractivity contribution < 1.29 is 0 Å². The maximum absolute atomic E-state index is 9.02. The second-order valence-corrected chi connectivity index (χ2v) is 4.29. The fraction of sp³-hybridized carbons (Fsp3) is 0.0769. The van der Waals surface area contributed by atoms with Crippen LogP contribution in [-0.2, 0) is 0 Å². The summed E-state index contributed by atoms with van der Waals surface area (Å²) in [5, 5.41) is 12.6. The van der Waals surface area contributed by atoms with Crippen LogP contribution in [0.15, 0.2) is 30.5 Å². The van der Waals surface area contributed by atoms with E-state index in [1.54, 1.807) is 6.07 Å². The first kappa shape index (κ1) is 12.2. The fourth-order valence-corrected chi connectivity index (χ4v) is 1.80. The van der Waals surface area contributed by atoms with Gasteiger partial charge in [-0.15, -0.1) is 0 Å². The molecule has 0 atom stereocenters. The Balaban J connectivity index is 2.37. The van der Waals surface area contributed by atoms with Crippen molar-refractivity contribution in [3.63, 3.8) is 0 Å². The Kier molecular flexibility index (Phi) is 3.35. The summed E-state index contributed by atoms with van der Waals surface area (Å²) >= 11 is 6.11. The lowest BCUT2D eigenvalue weighted by Gasteiger charge is -2.09. The van der Waals surface area contributed by atoms with Crippen LogP contribution >= 0.6 is 11.6 Å². The van der Waals surface area contributed by atoms with E-state index in [1.807, 2.05) is 31.2 Å². The molecule has 0 aliphatic heterocycles. The van der Waals surface area contributed by atoms with Crippen molar-refractivity contribution in [2.24, 2.45) is 0 Å². The van der Waals surface area contributed by atoms with Crippen molar-refractivity contribution in [2.45, 2.75) is 6.92 Å². The third kappa shape index (κ3) is 2.53. The first-order valence-corrected chi connectivity index (χ1v) is 5.67. The molecule has 90 valence electrons. The average Bonchev–Trinajstić information content (AvgIpc) is 2.34. The highest BCUT2D eigenvalue weighted by Gasteiger charge is 2.07. The summed E-state index contributed by atoms with van der Waals surface area (Å²) in [6, 6.07) is 9.22. The van der Waals surface area contributed by atoms with Crippen LogP contribution in [0.1, 0.15) is 11.1 Å². The van der Waals surface area contributed by atoms with Crippen LogP contribution in [0.3, 0.4) is 0 Å². The Morgan fingerprint density at radius 3 is 2.83 bits per heavy atom. The first-order valence-electron chi connectivity index (χ1n) is 5.29. The van der Waals surface area contributed by atoms with Crippen LogP contribution in [0.25, 0.3) is 0 Å². The SMILES string of the molecule is Cc1ccc(Nc2ncc(N)cc2C#N)c(Cl)c1. The van der Waals surface area contributed by atoms with Gasteiger partial charge in [0.1, 0.15) is 11.9 Å². The Hall–Kier alpha value is -2.25. The Morgan fingerprint density at radius 2 is 2.17 bits per heavy atom. The predicted octanol–water partition coefficient (Wildman–Crippen LogP) is 3.24. The average molecular weight is 259 g/mol. The Morgan fingerprint density at radius 1 is 1.39 bits per heavy atom. The van der Waals surface area contributed by atoms with Crippen molar-refractivity contribution in [3.05, 3.63) is 46.6 Å². The maximum atomic E-state index is 9.02. The minimum Gasteiger partial charge on any atom is -0.397 e. The molecular weight excluding hydrogens is 248 g/mol. The molecule has 4 nitrogen and oxygen atoms in total. The van der Waals surface area contributed by atoms with Crippen molar-refractivity contribution in [3.8, 4) is 6.07 Å². The number of nitrogens with two attached hydrogens (primary N) is 1. The molecule has 3 N–H and O–H groups in total. The Bertz CT molecular complexity index is 631. The van der Waals surface area contributed by atoms with E-state index in [0.717, 1.165) is 5.56 Å². The van der Waals surface area contributed by atoms with Gasteiger partial charge in [-0.25, -0.2) is 4.98 Å². The second kappa shape index (κ2) is 4.94. The number of halogens is 1. The summed E-state index contributed by atoms with van der Waals surface area (Å²) in [6.45, 7) is 1.96. The van der Waals surface area contributed by atoms with E-state index in [-0.39, 0.29) is 0 Å². The number of aromatic nitrogens is 1. The van der Waals surface area contributed by atoms with Gasteiger partial charge in [0.05, 0.1) is 28.2 Å². The van der Waals surface area contributed by atoms with E-state index in [1.165, 1.54) is 6.20 Å². The van der Waals surface area contributed by atoms with Crippen LogP contribution in [0.4, 0.5) is 17.2 Å². The van der Waals surface area contributed by atoms with Gasteiger partial charge >= 0.3 is 0 Å². The normalized spacial score (nSPS) is 9.83. The lowest BCUT2D eigenvalue weighted by molar-refractivity contribution is 1.29. The Labute approximate surface area is 110 Å². The molecule has 0 aliphatic rings. The molecule has 0 radical (unpaired) electrons. The molecule has 0 saturated carbocycles. The summed E-state index contributed by atoms with van der Waals surface area (Å²) in [4.78, 5) is 4.09. The van der Waals surface area contributed by atoms with Gasteiger partial charge in [-0.05, 0) is 30.7 Å². The van der Waals surface area contributed by atoms with E-state index < -0.39 is 0 Å². The van der Waals surface area contributed by atoms with E-state index in [0.29, 0.717) is 27.8 Å². The lowest BCUT2D eigenvalue weighted by Crippen LogP contribution is -1.99. The molecule has 5 heteroatoms.